The number of esters is 1. The third-order valence-corrected chi connectivity index (χ3v) is 5.22. The number of rotatable bonds is 12. The monoisotopic (exact) mass is 423 g/mol. The Morgan fingerprint density at radius 2 is 1.48 bits per heavy atom. The van der Waals surface area contributed by atoms with Crippen molar-refractivity contribution < 1.29 is 32.2 Å². The highest BCUT2D eigenvalue weighted by Gasteiger charge is 2.14. The molecule has 158 valence electrons. The molecule has 0 saturated heterocycles. The number of ether oxygens (including phenoxy) is 4. The molecule has 0 heterocycles. The third kappa shape index (κ3) is 7.63. The van der Waals surface area contributed by atoms with Crippen LogP contribution < -0.4 is 18.9 Å². The summed E-state index contributed by atoms with van der Waals surface area (Å²) in [5.41, 5.74) is 0. The lowest BCUT2D eigenvalue weighted by Crippen LogP contribution is -2.27. The van der Waals surface area contributed by atoms with E-state index >= 15 is 0 Å². The molecule has 2 rings (SSSR count). The van der Waals surface area contributed by atoms with Crippen LogP contribution in [0.1, 0.15) is 13.3 Å². The Bertz CT molecular complexity index is 865. The molecule has 0 amide bonds. The number of benzene rings is 2. The van der Waals surface area contributed by atoms with Crippen molar-refractivity contribution in [2.45, 2.75) is 18.2 Å². The summed E-state index contributed by atoms with van der Waals surface area (Å²) >= 11 is 0. The normalized spacial score (nSPS) is 11.0. The second kappa shape index (κ2) is 11.3. The van der Waals surface area contributed by atoms with E-state index in [2.05, 4.69) is 4.72 Å². The van der Waals surface area contributed by atoms with E-state index in [0.717, 1.165) is 5.75 Å². The Morgan fingerprint density at radius 3 is 2.10 bits per heavy atom. The van der Waals surface area contributed by atoms with Gasteiger partial charge in [0.15, 0.2) is 0 Å². The minimum atomic E-state index is -3.70. The van der Waals surface area contributed by atoms with Crippen LogP contribution in [0.4, 0.5) is 0 Å². The average Bonchev–Trinajstić information content (AvgIpc) is 2.72. The third-order valence-electron chi connectivity index (χ3n) is 3.74. The minimum Gasteiger partial charge on any atom is -0.497 e. The van der Waals surface area contributed by atoms with Crippen molar-refractivity contribution in [2.75, 3.05) is 33.5 Å². The summed E-state index contributed by atoms with van der Waals surface area (Å²) in [5, 5.41) is 0. The second-order valence-corrected chi connectivity index (χ2v) is 7.56. The number of hydrogen-bond donors (Lipinski definition) is 1. The van der Waals surface area contributed by atoms with Crippen LogP contribution in [0.5, 0.6) is 17.2 Å². The summed E-state index contributed by atoms with van der Waals surface area (Å²) in [7, 11) is -2.13. The second-order valence-electron chi connectivity index (χ2n) is 5.80. The number of hydrogen-bond acceptors (Lipinski definition) is 7. The molecule has 0 atom stereocenters. The molecule has 0 fully saturated rings. The van der Waals surface area contributed by atoms with E-state index in [4.69, 9.17) is 18.9 Å². The fourth-order valence-electron chi connectivity index (χ4n) is 2.31. The molecule has 0 radical (unpaired) electrons. The van der Waals surface area contributed by atoms with Gasteiger partial charge in [0.1, 0.15) is 30.5 Å². The highest BCUT2D eigenvalue weighted by Crippen LogP contribution is 2.17. The van der Waals surface area contributed by atoms with E-state index in [1.807, 2.05) is 6.92 Å². The molecular formula is C20H25NO7S. The maximum Gasteiger partial charge on any atom is 0.307 e. The van der Waals surface area contributed by atoms with E-state index in [9.17, 15) is 13.2 Å². The van der Waals surface area contributed by atoms with Gasteiger partial charge < -0.3 is 18.9 Å². The molecule has 2 aromatic carbocycles. The van der Waals surface area contributed by atoms with Crippen molar-refractivity contribution >= 4 is 16.0 Å². The molecule has 1 N–H and O–H groups in total. The zero-order valence-corrected chi connectivity index (χ0v) is 17.2. The van der Waals surface area contributed by atoms with Crippen LogP contribution in [0.25, 0.3) is 0 Å². The molecule has 0 aliphatic heterocycles. The van der Waals surface area contributed by atoms with E-state index in [0.29, 0.717) is 18.1 Å². The molecule has 0 aliphatic rings. The summed E-state index contributed by atoms with van der Waals surface area (Å²) in [5.74, 6) is 1.42. The Hall–Kier alpha value is -2.78. The van der Waals surface area contributed by atoms with Gasteiger partial charge in [-0.25, -0.2) is 13.1 Å². The summed E-state index contributed by atoms with van der Waals surface area (Å²) < 4.78 is 47.6. The van der Waals surface area contributed by atoms with Crippen LogP contribution in [0, 0.1) is 0 Å². The lowest BCUT2D eigenvalue weighted by molar-refractivity contribution is -0.144. The van der Waals surface area contributed by atoms with Gasteiger partial charge in [-0.2, -0.15) is 0 Å². The van der Waals surface area contributed by atoms with Gasteiger partial charge in [-0.3, -0.25) is 4.79 Å². The van der Waals surface area contributed by atoms with Gasteiger partial charge in [-0.1, -0.05) is 0 Å². The number of carbonyl (C=O) groups excluding carboxylic acids is 1. The fourth-order valence-corrected chi connectivity index (χ4v) is 3.34. The van der Waals surface area contributed by atoms with Crippen LogP contribution in [0.2, 0.25) is 0 Å². The van der Waals surface area contributed by atoms with Gasteiger partial charge in [0.2, 0.25) is 10.0 Å². The summed E-state index contributed by atoms with van der Waals surface area (Å²) in [4.78, 5) is 11.8. The zero-order chi connectivity index (χ0) is 21.1. The molecule has 0 aromatic heterocycles. The maximum atomic E-state index is 12.2. The molecule has 2 aromatic rings. The van der Waals surface area contributed by atoms with Gasteiger partial charge in [-0.15, -0.1) is 0 Å². The van der Waals surface area contributed by atoms with E-state index in [1.54, 1.807) is 43.5 Å². The topological polar surface area (TPSA) is 100 Å². The van der Waals surface area contributed by atoms with Gasteiger partial charge in [0, 0.05) is 6.54 Å². The average molecular weight is 423 g/mol. The van der Waals surface area contributed by atoms with Gasteiger partial charge >= 0.3 is 5.97 Å². The van der Waals surface area contributed by atoms with Crippen molar-refractivity contribution in [1.82, 2.24) is 4.72 Å². The van der Waals surface area contributed by atoms with Crippen LogP contribution in [-0.2, 0) is 19.6 Å². The molecule has 9 heteroatoms. The molecular weight excluding hydrogens is 398 g/mol. The van der Waals surface area contributed by atoms with E-state index < -0.39 is 16.0 Å². The van der Waals surface area contributed by atoms with Crippen molar-refractivity contribution in [3.8, 4) is 17.2 Å². The Morgan fingerprint density at radius 1 is 0.897 bits per heavy atom. The largest absolute Gasteiger partial charge is 0.497 e. The Balaban J connectivity index is 1.66. The van der Waals surface area contributed by atoms with Gasteiger partial charge in [0.05, 0.1) is 25.0 Å². The quantitative estimate of drug-likeness (QED) is 0.413. The summed E-state index contributed by atoms with van der Waals surface area (Å²) in [6.07, 6.45) is -0.0845. The van der Waals surface area contributed by atoms with E-state index in [-0.39, 0.29) is 31.1 Å². The highest BCUT2D eigenvalue weighted by atomic mass is 32.2. The summed E-state index contributed by atoms with van der Waals surface area (Å²) in [6.45, 7) is 2.54. The first-order valence-corrected chi connectivity index (χ1v) is 10.6. The van der Waals surface area contributed by atoms with Gasteiger partial charge in [0.25, 0.3) is 0 Å². The molecule has 29 heavy (non-hydrogen) atoms. The van der Waals surface area contributed by atoms with Crippen molar-refractivity contribution in [2.24, 2.45) is 0 Å². The molecule has 0 spiro atoms. The zero-order valence-electron chi connectivity index (χ0n) is 16.4. The predicted octanol–water partition coefficient (Wildman–Crippen LogP) is 2.38. The SMILES string of the molecule is CCOc1ccc(S(=O)(=O)NCCC(=O)OCCOc2ccc(OC)cc2)cc1. The van der Waals surface area contributed by atoms with Crippen LogP contribution >= 0.6 is 0 Å². The molecule has 8 nitrogen and oxygen atoms in total. The number of sulfonamides is 1. The lowest BCUT2D eigenvalue weighted by atomic mass is 10.3. The number of methoxy groups -OCH3 is 1. The standard InChI is InChI=1S/C20H25NO7S/c1-3-26-17-8-10-19(11-9-17)29(23,24)21-13-12-20(22)28-15-14-27-18-6-4-16(25-2)5-7-18/h4-11,21H,3,12-15H2,1-2H3. The Labute approximate surface area is 170 Å². The van der Waals surface area contributed by atoms with Gasteiger partial charge in [-0.05, 0) is 55.5 Å². The maximum absolute atomic E-state index is 12.2. The van der Waals surface area contributed by atoms with Crippen LogP contribution in [-0.4, -0.2) is 47.9 Å². The molecule has 0 saturated carbocycles. The highest BCUT2D eigenvalue weighted by molar-refractivity contribution is 7.89. The number of carbonyl (C=O) groups is 1. The molecule has 0 bridgehead atoms. The number of nitrogens with one attached hydrogen (secondary N) is 1. The smallest absolute Gasteiger partial charge is 0.307 e. The summed E-state index contributed by atoms with van der Waals surface area (Å²) in [6, 6.07) is 13.1. The van der Waals surface area contributed by atoms with E-state index in [1.165, 1.54) is 12.1 Å². The minimum absolute atomic E-state index is 0.0618. The fraction of sp³-hybridized carbons (Fsp3) is 0.350. The first kappa shape index (κ1) is 22.5. The van der Waals surface area contributed by atoms with Crippen LogP contribution in [0.15, 0.2) is 53.4 Å². The van der Waals surface area contributed by atoms with Crippen molar-refractivity contribution in [1.29, 1.82) is 0 Å². The van der Waals surface area contributed by atoms with Crippen molar-refractivity contribution in [3.63, 3.8) is 0 Å². The van der Waals surface area contributed by atoms with Crippen LogP contribution in [0.3, 0.4) is 0 Å². The first-order valence-electron chi connectivity index (χ1n) is 9.09. The van der Waals surface area contributed by atoms with Crippen molar-refractivity contribution in [3.05, 3.63) is 48.5 Å². The molecule has 0 unspecified atom stereocenters. The first-order chi connectivity index (χ1) is 13.9. The Kier molecular flexibility index (Phi) is 8.75. The lowest BCUT2D eigenvalue weighted by Gasteiger charge is -2.09. The predicted molar refractivity (Wildman–Crippen MR) is 107 cm³/mol. The molecule has 0 aliphatic carbocycles.